The lowest BCUT2D eigenvalue weighted by Crippen LogP contribution is -2.23. The zero-order valence-corrected chi connectivity index (χ0v) is 16.5. The lowest BCUT2D eigenvalue weighted by atomic mass is 9.79. The van der Waals surface area contributed by atoms with Gasteiger partial charge >= 0.3 is 0 Å². The number of halogens is 5. The summed E-state index contributed by atoms with van der Waals surface area (Å²) in [6, 6.07) is 2.16. The Labute approximate surface area is 153 Å². The van der Waals surface area contributed by atoms with Crippen LogP contribution in [0, 0.1) is 29.3 Å². The molecule has 1 aromatic rings. The lowest BCUT2D eigenvalue weighted by molar-refractivity contribution is 0.257. The topological polar surface area (TPSA) is 0 Å². The van der Waals surface area contributed by atoms with Gasteiger partial charge in [-0.15, -0.1) is 0 Å². The fourth-order valence-electron chi connectivity index (χ4n) is 3.42. The van der Waals surface area contributed by atoms with E-state index in [0.717, 1.165) is 24.5 Å². The van der Waals surface area contributed by atoms with Gasteiger partial charge in [0.25, 0.3) is 0 Å². The summed E-state index contributed by atoms with van der Waals surface area (Å²) >= 11 is 7.33. The molecule has 0 heterocycles. The van der Waals surface area contributed by atoms with Gasteiger partial charge < -0.3 is 0 Å². The van der Waals surface area contributed by atoms with Crippen molar-refractivity contribution in [2.24, 2.45) is 11.8 Å². The van der Waals surface area contributed by atoms with Crippen LogP contribution in [0.4, 0.5) is 13.2 Å². The highest BCUT2D eigenvalue weighted by Gasteiger charge is 2.25. The lowest BCUT2D eigenvalue weighted by Gasteiger charge is -2.30. The molecule has 130 valence electrons. The molecule has 1 saturated carbocycles. The minimum atomic E-state index is -1.40. The summed E-state index contributed by atoms with van der Waals surface area (Å²) in [5.41, 5.74) is 0.474. The van der Waals surface area contributed by atoms with E-state index in [1.165, 1.54) is 32.1 Å². The van der Waals surface area contributed by atoms with E-state index < -0.39 is 17.5 Å². The van der Waals surface area contributed by atoms with E-state index in [1.54, 1.807) is 0 Å². The monoisotopic (exact) mass is 454 g/mol. The van der Waals surface area contributed by atoms with Gasteiger partial charge in [-0.25, -0.2) is 13.2 Å². The summed E-state index contributed by atoms with van der Waals surface area (Å²) in [7, 11) is 0. The molecule has 2 atom stereocenters. The summed E-state index contributed by atoms with van der Waals surface area (Å²) < 4.78 is 39.6. The molecule has 1 aromatic carbocycles. The second-order valence-electron chi connectivity index (χ2n) is 6.64. The average molecular weight is 456 g/mol. The van der Waals surface area contributed by atoms with Gasteiger partial charge in [0.1, 0.15) is 0 Å². The quantitative estimate of drug-likeness (QED) is 0.327. The molecule has 2 unspecified atom stereocenters. The summed E-state index contributed by atoms with van der Waals surface area (Å²) in [5, 5.41) is 0. The maximum atomic E-state index is 13.3. The standard InChI is InChI=1S/C18H23Br2F3/c1-2-11-3-5-12(6-4-11)7-14(19)15(20)8-13-9-16(21)18(23)17(22)10-13/h9-12,14-15H,2-8H2,1H3. The van der Waals surface area contributed by atoms with Gasteiger partial charge in [0, 0.05) is 9.65 Å². The van der Waals surface area contributed by atoms with Crippen molar-refractivity contribution >= 4 is 31.9 Å². The second kappa shape index (κ2) is 8.89. The third-order valence-electron chi connectivity index (χ3n) is 4.97. The van der Waals surface area contributed by atoms with Crippen molar-refractivity contribution in [3.63, 3.8) is 0 Å². The second-order valence-corrected chi connectivity index (χ2v) is 8.99. The van der Waals surface area contributed by atoms with E-state index in [2.05, 4.69) is 38.8 Å². The molecule has 0 amide bonds. The predicted molar refractivity (Wildman–Crippen MR) is 95.8 cm³/mol. The highest BCUT2D eigenvalue weighted by molar-refractivity contribution is 9.12. The maximum absolute atomic E-state index is 13.3. The highest BCUT2D eigenvalue weighted by atomic mass is 79.9. The van der Waals surface area contributed by atoms with E-state index in [1.807, 2.05) is 0 Å². The first-order valence-electron chi connectivity index (χ1n) is 8.32. The van der Waals surface area contributed by atoms with Crippen LogP contribution in [0.3, 0.4) is 0 Å². The normalized spacial score (nSPS) is 24.4. The minimum Gasteiger partial charge on any atom is -0.204 e. The molecule has 0 saturated heterocycles. The van der Waals surface area contributed by atoms with E-state index in [9.17, 15) is 13.2 Å². The Balaban J connectivity index is 1.86. The Bertz CT molecular complexity index is 490. The third-order valence-corrected chi connectivity index (χ3v) is 7.65. The van der Waals surface area contributed by atoms with Crippen LogP contribution in [-0.2, 0) is 6.42 Å². The smallest absolute Gasteiger partial charge is 0.194 e. The molecule has 0 aliphatic heterocycles. The summed E-state index contributed by atoms with van der Waals surface area (Å²) in [6.45, 7) is 2.26. The predicted octanol–water partition coefficient (Wildman–Crippen LogP) is 6.78. The Morgan fingerprint density at radius 3 is 2.00 bits per heavy atom. The van der Waals surface area contributed by atoms with Gasteiger partial charge in [0.05, 0.1) is 0 Å². The Kier molecular flexibility index (Phi) is 7.46. The van der Waals surface area contributed by atoms with Crippen molar-refractivity contribution < 1.29 is 13.2 Å². The van der Waals surface area contributed by atoms with Crippen molar-refractivity contribution in [2.75, 3.05) is 0 Å². The molecular formula is C18H23Br2F3. The SMILES string of the molecule is CCC1CCC(CC(Br)C(Br)Cc2cc(F)c(F)c(F)c2)CC1. The summed E-state index contributed by atoms with van der Waals surface area (Å²) in [5.74, 6) is -2.05. The molecule has 0 N–H and O–H groups in total. The first-order chi connectivity index (χ1) is 10.9. The number of hydrogen-bond donors (Lipinski definition) is 0. The van der Waals surface area contributed by atoms with Gasteiger partial charge in [-0.05, 0) is 42.4 Å². The maximum Gasteiger partial charge on any atom is 0.194 e. The van der Waals surface area contributed by atoms with Crippen LogP contribution in [0.5, 0.6) is 0 Å². The van der Waals surface area contributed by atoms with Gasteiger partial charge in [0.2, 0.25) is 0 Å². The first kappa shape index (κ1) is 19.3. The van der Waals surface area contributed by atoms with Crippen LogP contribution in [0.15, 0.2) is 12.1 Å². The summed E-state index contributed by atoms with van der Waals surface area (Å²) in [4.78, 5) is 0.303. The first-order valence-corrected chi connectivity index (χ1v) is 10.1. The molecular weight excluding hydrogens is 433 g/mol. The van der Waals surface area contributed by atoms with E-state index in [-0.39, 0.29) is 9.65 Å². The van der Waals surface area contributed by atoms with Crippen LogP contribution >= 0.6 is 31.9 Å². The van der Waals surface area contributed by atoms with Crippen LogP contribution in [0.1, 0.15) is 51.0 Å². The number of benzene rings is 1. The van der Waals surface area contributed by atoms with Crippen molar-refractivity contribution in [1.29, 1.82) is 0 Å². The van der Waals surface area contributed by atoms with Gasteiger partial charge in [0.15, 0.2) is 17.5 Å². The van der Waals surface area contributed by atoms with E-state index >= 15 is 0 Å². The van der Waals surface area contributed by atoms with Crippen molar-refractivity contribution in [3.8, 4) is 0 Å². The molecule has 1 aliphatic carbocycles. The Morgan fingerprint density at radius 1 is 0.957 bits per heavy atom. The molecule has 2 rings (SSSR count). The highest BCUT2D eigenvalue weighted by Crippen LogP contribution is 2.36. The zero-order valence-electron chi connectivity index (χ0n) is 13.3. The number of rotatable bonds is 6. The minimum absolute atomic E-state index is 0.0654. The molecule has 0 spiro atoms. The molecule has 0 radical (unpaired) electrons. The molecule has 0 aromatic heterocycles. The number of alkyl halides is 2. The fourth-order valence-corrected chi connectivity index (χ4v) is 4.73. The van der Waals surface area contributed by atoms with Crippen molar-refractivity contribution in [2.45, 2.75) is 61.5 Å². The molecule has 1 fully saturated rings. The molecule has 23 heavy (non-hydrogen) atoms. The number of hydrogen-bond acceptors (Lipinski definition) is 0. The van der Waals surface area contributed by atoms with Gasteiger partial charge in [-0.2, -0.15) is 0 Å². The molecule has 1 aliphatic rings. The fraction of sp³-hybridized carbons (Fsp3) is 0.667. The van der Waals surface area contributed by atoms with E-state index in [0.29, 0.717) is 17.9 Å². The van der Waals surface area contributed by atoms with Crippen LogP contribution in [0.25, 0.3) is 0 Å². The zero-order chi connectivity index (χ0) is 17.0. The van der Waals surface area contributed by atoms with Crippen molar-refractivity contribution in [1.82, 2.24) is 0 Å². The Morgan fingerprint density at radius 2 is 1.48 bits per heavy atom. The largest absolute Gasteiger partial charge is 0.204 e. The van der Waals surface area contributed by atoms with Crippen molar-refractivity contribution in [3.05, 3.63) is 35.1 Å². The van der Waals surface area contributed by atoms with Crippen LogP contribution in [-0.4, -0.2) is 9.65 Å². The van der Waals surface area contributed by atoms with Crippen LogP contribution < -0.4 is 0 Å². The Hall–Kier alpha value is -0.0300. The van der Waals surface area contributed by atoms with Crippen LogP contribution in [0.2, 0.25) is 0 Å². The summed E-state index contributed by atoms with van der Waals surface area (Å²) in [6.07, 6.45) is 7.94. The average Bonchev–Trinajstić information content (AvgIpc) is 2.53. The molecule has 5 heteroatoms. The van der Waals surface area contributed by atoms with Gasteiger partial charge in [-0.3, -0.25) is 0 Å². The third kappa shape index (κ3) is 5.48. The molecule has 0 bridgehead atoms. The van der Waals surface area contributed by atoms with Gasteiger partial charge in [-0.1, -0.05) is 70.9 Å². The molecule has 0 nitrogen and oxygen atoms in total. The van der Waals surface area contributed by atoms with E-state index in [4.69, 9.17) is 0 Å².